The lowest BCUT2D eigenvalue weighted by atomic mass is 10.00. The number of nitrogens with zero attached hydrogens (tertiary/aromatic N) is 3. The number of hydrogen-bond donors (Lipinski definition) is 0. The Labute approximate surface area is 163 Å². The van der Waals surface area contributed by atoms with E-state index in [0.717, 1.165) is 28.3 Å². The summed E-state index contributed by atoms with van der Waals surface area (Å²) in [7, 11) is 0. The molecule has 0 spiro atoms. The summed E-state index contributed by atoms with van der Waals surface area (Å²) >= 11 is 0. The number of rotatable bonds is 4. The van der Waals surface area contributed by atoms with Gasteiger partial charge in [0.05, 0.1) is 12.4 Å². The first kappa shape index (κ1) is 18.1. The van der Waals surface area contributed by atoms with Gasteiger partial charge in [0.25, 0.3) is 0 Å². The van der Waals surface area contributed by atoms with E-state index in [1.165, 1.54) is 11.1 Å². The van der Waals surface area contributed by atoms with Gasteiger partial charge in [-0.1, -0.05) is 54.1 Å². The first-order valence-electron chi connectivity index (χ1n) is 9.28. The van der Waals surface area contributed by atoms with Gasteiger partial charge in [0.2, 0.25) is 0 Å². The molecule has 0 aliphatic carbocycles. The SMILES string of the molecule is Cc1ccc(N2C(=O)C(=O)N(CN3CC=C(c4ccccc4)CC3)C2=O)cc1. The molecule has 1 fully saturated rings. The molecule has 0 aromatic heterocycles. The van der Waals surface area contributed by atoms with Gasteiger partial charge in [-0.15, -0.1) is 0 Å². The second kappa shape index (κ2) is 7.40. The van der Waals surface area contributed by atoms with Crippen LogP contribution in [0, 0.1) is 6.92 Å². The second-order valence-electron chi connectivity index (χ2n) is 7.06. The second-order valence-corrected chi connectivity index (χ2v) is 7.06. The Hall–Kier alpha value is -3.25. The minimum absolute atomic E-state index is 0.115. The van der Waals surface area contributed by atoms with Gasteiger partial charge in [-0.3, -0.25) is 14.5 Å². The van der Waals surface area contributed by atoms with Crippen LogP contribution in [-0.2, 0) is 9.59 Å². The molecule has 0 bridgehead atoms. The molecular formula is C22H21N3O3. The summed E-state index contributed by atoms with van der Waals surface area (Å²) in [6.07, 6.45) is 2.94. The van der Waals surface area contributed by atoms with Crippen LogP contribution in [0.15, 0.2) is 60.7 Å². The van der Waals surface area contributed by atoms with E-state index in [4.69, 9.17) is 0 Å². The van der Waals surface area contributed by atoms with Crippen LogP contribution in [0.3, 0.4) is 0 Å². The maximum Gasteiger partial charge on any atom is 0.340 e. The van der Waals surface area contributed by atoms with E-state index in [9.17, 15) is 14.4 Å². The van der Waals surface area contributed by atoms with Crippen molar-refractivity contribution in [2.45, 2.75) is 13.3 Å². The molecule has 1 saturated heterocycles. The highest BCUT2D eigenvalue weighted by molar-refractivity contribution is 6.52. The van der Waals surface area contributed by atoms with Crippen molar-refractivity contribution in [2.75, 3.05) is 24.7 Å². The highest BCUT2D eigenvalue weighted by Crippen LogP contribution is 2.25. The van der Waals surface area contributed by atoms with Crippen LogP contribution in [0.4, 0.5) is 10.5 Å². The number of urea groups is 1. The van der Waals surface area contributed by atoms with Crippen molar-refractivity contribution in [3.63, 3.8) is 0 Å². The molecule has 142 valence electrons. The van der Waals surface area contributed by atoms with Crippen LogP contribution >= 0.6 is 0 Å². The minimum Gasteiger partial charge on any atom is -0.281 e. The predicted molar refractivity (Wildman–Crippen MR) is 106 cm³/mol. The molecule has 0 unspecified atom stereocenters. The molecule has 0 N–H and O–H groups in total. The quantitative estimate of drug-likeness (QED) is 0.609. The number of imide groups is 2. The Kier molecular flexibility index (Phi) is 4.79. The monoisotopic (exact) mass is 375 g/mol. The fourth-order valence-electron chi connectivity index (χ4n) is 3.51. The van der Waals surface area contributed by atoms with Crippen LogP contribution in [-0.4, -0.2) is 47.4 Å². The number of benzene rings is 2. The summed E-state index contributed by atoms with van der Waals surface area (Å²) in [4.78, 5) is 41.5. The third kappa shape index (κ3) is 3.34. The first-order chi connectivity index (χ1) is 13.5. The fraction of sp³-hybridized carbons (Fsp3) is 0.227. The summed E-state index contributed by atoms with van der Waals surface area (Å²) in [6, 6.07) is 16.5. The molecule has 2 heterocycles. The molecular weight excluding hydrogens is 354 g/mol. The van der Waals surface area contributed by atoms with Crippen LogP contribution < -0.4 is 4.90 Å². The summed E-state index contributed by atoms with van der Waals surface area (Å²) in [5.41, 5.74) is 3.88. The molecule has 6 heteroatoms. The molecule has 2 aliphatic heterocycles. The van der Waals surface area contributed by atoms with Crippen LogP contribution in [0.2, 0.25) is 0 Å². The van der Waals surface area contributed by atoms with Gasteiger partial charge in [-0.25, -0.2) is 14.6 Å². The normalized spacial score (nSPS) is 18.0. The molecule has 0 saturated carbocycles. The Balaban J connectivity index is 1.46. The Bertz CT molecular complexity index is 951. The van der Waals surface area contributed by atoms with Crippen LogP contribution in [0.5, 0.6) is 0 Å². The van der Waals surface area contributed by atoms with Crippen molar-refractivity contribution < 1.29 is 14.4 Å². The van der Waals surface area contributed by atoms with Gasteiger partial charge in [0.15, 0.2) is 0 Å². The highest BCUT2D eigenvalue weighted by Gasteiger charge is 2.45. The van der Waals surface area contributed by atoms with Gasteiger partial charge in [0, 0.05) is 13.1 Å². The molecule has 0 atom stereocenters. The third-order valence-corrected chi connectivity index (χ3v) is 5.12. The minimum atomic E-state index is -0.800. The average Bonchev–Trinajstić information content (AvgIpc) is 2.93. The summed E-state index contributed by atoms with van der Waals surface area (Å²) < 4.78 is 0. The van der Waals surface area contributed by atoms with E-state index >= 15 is 0 Å². The van der Waals surface area contributed by atoms with Gasteiger partial charge in [0.1, 0.15) is 0 Å². The number of carbonyl (C=O) groups excluding carboxylic acids is 3. The molecule has 2 aliphatic rings. The lowest BCUT2D eigenvalue weighted by Crippen LogP contribution is -2.43. The molecule has 2 aromatic rings. The smallest absolute Gasteiger partial charge is 0.281 e. The highest BCUT2D eigenvalue weighted by atomic mass is 16.2. The van der Waals surface area contributed by atoms with E-state index in [1.54, 1.807) is 12.1 Å². The van der Waals surface area contributed by atoms with Crippen molar-refractivity contribution >= 4 is 29.1 Å². The number of anilines is 1. The lowest BCUT2D eigenvalue weighted by Gasteiger charge is -2.29. The van der Waals surface area contributed by atoms with Gasteiger partial charge < -0.3 is 0 Å². The van der Waals surface area contributed by atoms with Crippen LogP contribution in [0.25, 0.3) is 5.57 Å². The fourth-order valence-corrected chi connectivity index (χ4v) is 3.51. The molecule has 6 nitrogen and oxygen atoms in total. The zero-order chi connectivity index (χ0) is 19.7. The third-order valence-electron chi connectivity index (χ3n) is 5.12. The Morgan fingerprint density at radius 3 is 2.25 bits per heavy atom. The van der Waals surface area contributed by atoms with Gasteiger partial charge in [-0.05, 0) is 36.6 Å². The average molecular weight is 375 g/mol. The zero-order valence-corrected chi connectivity index (χ0v) is 15.7. The summed E-state index contributed by atoms with van der Waals surface area (Å²) in [5.74, 6) is -1.57. The topological polar surface area (TPSA) is 60.9 Å². The van der Waals surface area contributed by atoms with Crippen molar-refractivity contribution in [1.82, 2.24) is 9.80 Å². The van der Waals surface area contributed by atoms with Crippen molar-refractivity contribution in [3.8, 4) is 0 Å². The maximum atomic E-state index is 12.7. The molecule has 28 heavy (non-hydrogen) atoms. The molecule has 4 amide bonds. The van der Waals surface area contributed by atoms with Gasteiger partial charge >= 0.3 is 17.8 Å². The zero-order valence-electron chi connectivity index (χ0n) is 15.7. The van der Waals surface area contributed by atoms with E-state index in [2.05, 4.69) is 18.2 Å². The Morgan fingerprint density at radius 1 is 0.893 bits per heavy atom. The molecule has 2 aromatic carbocycles. The standard InChI is InChI=1S/C22H21N3O3/c1-16-7-9-19(10-8-16)25-21(27)20(26)24(22(25)28)15-23-13-11-18(12-14-23)17-5-3-2-4-6-17/h2-11H,12-15H2,1H3. The predicted octanol–water partition coefficient (Wildman–Crippen LogP) is 3.04. The number of aryl methyl sites for hydroxylation is 1. The van der Waals surface area contributed by atoms with Crippen molar-refractivity contribution in [3.05, 3.63) is 71.8 Å². The van der Waals surface area contributed by atoms with E-state index < -0.39 is 17.8 Å². The Morgan fingerprint density at radius 2 is 1.61 bits per heavy atom. The van der Waals surface area contributed by atoms with Crippen LogP contribution in [0.1, 0.15) is 17.5 Å². The van der Waals surface area contributed by atoms with Crippen molar-refractivity contribution in [1.29, 1.82) is 0 Å². The molecule has 4 rings (SSSR count). The number of carbonyl (C=O) groups is 3. The van der Waals surface area contributed by atoms with E-state index in [-0.39, 0.29) is 6.67 Å². The summed E-state index contributed by atoms with van der Waals surface area (Å²) in [6.45, 7) is 3.38. The molecule has 0 radical (unpaired) electrons. The summed E-state index contributed by atoms with van der Waals surface area (Å²) in [5, 5.41) is 0. The van der Waals surface area contributed by atoms with Crippen molar-refractivity contribution in [2.24, 2.45) is 0 Å². The van der Waals surface area contributed by atoms with E-state index in [0.29, 0.717) is 12.2 Å². The van der Waals surface area contributed by atoms with E-state index in [1.807, 2.05) is 42.2 Å². The number of hydrogen-bond acceptors (Lipinski definition) is 4. The first-order valence-corrected chi connectivity index (χ1v) is 9.28. The lowest BCUT2D eigenvalue weighted by molar-refractivity contribution is -0.140. The maximum absolute atomic E-state index is 12.7. The van der Waals surface area contributed by atoms with Gasteiger partial charge in [-0.2, -0.15) is 0 Å². The largest absolute Gasteiger partial charge is 0.340 e. The number of amides is 4.